The molecule has 1 aliphatic heterocycles. The van der Waals surface area contributed by atoms with E-state index in [1.807, 2.05) is 26.0 Å². The molecule has 9 nitrogen and oxygen atoms in total. The number of hydrogen-bond donors (Lipinski definition) is 1. The van der Waals surface area contributed by atoms with Crippen molar-refractivity contribution in [2.45, 2.75) is 30.8 Å². The third kappa shape index (κ3) is 5.44. The van der Waals surface area contributed by atoms with Crippen molar-refractivity contribution in [1.29, 1.82) is 0 Å². The largest absolute Gasteiger partial charge is 0.433 e. The molecule has 40 heavy (non-hydrogen) atoms. The molecule has 1 saturated heterocycles. The lowest BCUT2D eigenvalue weighted by atomic mass is 10.0. The van der Waals surface area contributed by atoms with Crippen molar-refractivity contribution in [3.63, 3.8) is 0 Å². The Morgan fingerprint density at radius 1 is 1.02 bits per heavy atom. The molecule has 5 rings (SSSR count). The lowest BCUT2D eigenvalue weighted by Gasteiger charge is -2.26. The lowest BCUT2D eigenvalue weighted by molar-refractivity contribution is -0.142. The standard InChI is InChI=1S/C27H26F3N5O4S/c1-17(2)18-3-5-19(6-4-18)23-15-24(27(28,29)30)35-25(33-23)22(16-31-35)26(36)32-20-7-9-21(10-8-20)40(37,38)34-11-13-39-14-12-34/h3-10,15-17H,11-14H2,1-2H3,(H,32,36). The van der Waals surface area contributed by atoms with Gasteiger partial charge in [0.15, 0.2) is 11.3 Å². The van der Waals surface area contributed by atoms with E-state index in [0.717, 1.165) is 17.8 Å². The molecule has 4 aromatic rings. The number of ether oxygens (including phenoxy) is 1. The third-order valence-corrected chi connectivity index (χ3v) is 8.51. The number of sulfonamides is 1. The highest BCUT2D eigenvalue weighted by atomic mass is 32.2. The molecular weight excluding hydrogens is 547 g/mol. The van der Waals surface area contributed by atoms with Crippen LogP contribution in [0, 0.1) is 0 Å². The highest BCUT2D eigenvalue weighted by Gasteiger charge is 2.36. The topological polar surface area (TPSA) is 106 Å². The molecule has 0 spiro atoms. The van der Waals surface area contributed by atoms with Crippen molar-refractivity contribution in [1.82, 2.24) is 18.9 Å². The molecule has 1 N–H and O–H groups in total. The Bertz CT molecular complexity index is 1640. The van der Waals surface area contributed by atoms with Crippen molar-refractivity contribution < 1.29 is 31.1 Å². The van der Waals surface area contributed by atoms with E-state index in [2.05, 4.69) is 15.4 Å². The molecule has 210 valence electrons. The summed E-state index contributed by atoms with van der Waals surface area (Å²) in [7, 11) is -3.73. The molecule has 3 heterocycles. The molecular formula is C27H26F3N5O4S. The van der Waals surface area contributed by atoms with Gasteiger partial charge in [0.2, 0.25) is 10.0 Å². The fraction of sp³-hybridized carbons (Fsp3) is 0.296. The van der Waals surface area contributed by atoms with E-state index in [4.69, 9.17) is 4.74 Å². The number of morpholine rings is 1. The van der Waals surface area contributed by atoms with Crippen LogP contribution in [0.3, 0.4) is 0 Å². The van der Waals surface area contributed by atoms with Gasteiger partial charge in [-0.05, 0) is 41.8 Å². The van der Waals surface area contributed by atoms with Crippen LogP contribution >= 0.6 is 0 Å². The van der Waals surface area contributed by atoms with Gasteiger partial charge < -0.3 is 10.1 Å². The number of alkyl halides is 3. The second-order valence-electron chi connectivity index (χ2n) is 9.59. The number of halogens is 3. The molecule has 0 unspecified atom stereocenters. The number of rotatable bonds is 6. The fourth-order valence-electron chi connectivity index (χ4n) is 4.36. The fourth-order valence-corrected chi connectivity index (χ4v) is 5.76. The van der Waals surface area contributed by atoms with Gasteiger partial charge in [-0.2, -0.15) is 22.6 Å². The maximum absolute atomic E-state index is 14.0. The summed E-state index contributed by atoms with van der Waals surface area (Å²) < 4.78 is 74.7. The summed E-state index contributed by atoms with van der Waals surface area (Å²) in [5.74, 6) is -0.499. The summed E-state index contributed by atoms with van der Waals surface area (Å²) in [4.78, 5) is 17.5. The molecule has 0 bridgehead atoms. The summed E-state index contributed by atoms with van der Waals surface area (Å²) in [5, 5.41) is 6.39. The molecule has 1 aliphatic rings. The average molecular weight is 574 g/mol. The molecule has 1 fully saturated rings. The number of amides is 1. The van der Waals surface area contributed by atoms with Crippen molar-refractivity contribution in [2.75, 3.05) is 31.6 Å². The zero-order valence-electron chi connectivity index (χ0n) is 21.6. The van der Waals surface area contributed by atoms with E-state index < -0.39 is 27.8 Å². The SMILES string of the molecule is CC(C)c1ccc(-c2cc(C(F)(F)F)n3ncc(C(=O)Nc4ccc(S(=O)(=O)N5CCOCC5)cc4)c3n2)cc1. The molecule has 2 aromatic carbocycles. The summed E-state index contributed by atoms with van der Waals surface area (Å²) in [6.45, 7) is 5.12. The number of fused-ring (bicyclic) bond motifs is 1. The van der Waals surface area contributed by atoms with Gasteiger partial charge in [-0.3, -0.25) is 4.79 Å². The Morgan fingerprint density at radius 3 is 2.27 bits per heavy atom. The summed E-state index contributed by atoms with van der Waals surface area (Å²) in [5.41, 5.74) is 0.273. The molecule has 2 aromatic heterocycles. The summed E-state index contributed by atoms with van der Waals surface area (Å²) in [6.07, 6.45) is -3.73. The number of carbonyl (C=O) groups excluding carboxylic acids is 1. The number of nitrogens with zero attached hydrogens (tertiary/aromatic N) is 4. The van der Waals surface area contributed by atoms with Gasteiger partial charge in [-0.15, -0.1) is 0 Å². The predicted molar refractivity (Wildman–Crippen MR) is 141 cm³/mol. The zero-order valence-corrected chi connectivity index (χ0v) is 22.5. The Hall–Kier alpha value is -3.81. The van der Waals surface area contributed by atoms with Gasteiger partial charge in [0.05, 0.1) is 30.0 Å². The normalized spacial score (nSPS) is 15.1. The lowest BCUT2D eigenvalue weighted by Crippen LogP contribution is -2.40. The van der Waals surface area contributed by atoms with Crippen molar-refractivity contribution in [3.8, 4) is 11.3 Å². The average Bonchev–Trinajstić information content (AvgIpc) is 3.37. The van der Waals surface area contributed by atoms with E-state index in [1.165, 1.54) is 28.6 Å². The van der Waals surface area contributed by atoms with Crippen LogP contribution < -0.4 is 5.32 Å². The van der Waals surface area contributed by atoms with Crippen LogP contribution in [0.5, 0.6) is 0 Å². The second kappa shape index (κ2) is 10.6. The Labute approximate surface area is 228 Å². The number of carbonyl (C=O) groups is 1. The molecule has 0 radical (unpaired) electrons. The number of benzene rings is 2. The quantitative estimate of drug-likeness (QED) is 0.355. The predicted octanol–water partition coefficient (Wildman–Crippen LogP) is 4.81. The highest BCUT2D eigenvalue weighted by molar-refractivity contribution is 7.89. The summed E-state index contributed by atoms with van der Waals surface area (Å²) >= 11 is 0. The van der Waals surface area contributed by atoms with E-state index >= 15 is 0 Å². The number of aromatic nitrogens is 3. The molecule has 0 aliphatic carbocycles. The van der Waals surface area contributed by atoms with Crippen LogP contribution in [0.4, 0.5) is 18.9 Å². The Balaban J connectivity index is 1.45. The number of hydrogen-bond acceptors (Lipinski definition) is 6. The van der Waals surface area contributed by atoms with E-state index in [-0.39, 0.29) is 46.5 Å². The number of anilines is 1. The van der Waals surface area contributed by atoms with E-state index in [1.54, 1.807) is 12.1 Å². The van der Waals surface area contributed by atoms with Gasteiger partial charge >= 0.3 is 6.18 Å². The van der Waals surface area contributed by atoms with E-state index in [9.17, 15) is 26.4 Å². The van der Waals surface area contributed by atoms with Crippen molar-refractivity contribution in [2.24, 2.45) is 0 Å². The monoisotopic (exact) mass is 573 g/mol. The van der Waals surface area contributed by atoms with Gasteiger partial charge in [0.25, 0.3) is 5.91 Å². The minimum Gasteiger partial charge on any atom is -0.379 e. The van der Waals surface area contributed by atoms with Crippen LogP contribution in [0.15, 0.2) is 65.7 Å². The first-order chi connectivity index (χ1) is 18.9. The molecule has 1 amide bonds. The highest BCUT2D eigenvalue weighted by Crippen LogP contribution is 2.33. The maximum Gasteiger partial charge on any atom is 0.433 e. The van der Waals surface area contributed by atoms with Crippen LogP contribution in [0.2, 0.25) is 0 Å². The van der Waals surface area contributed by atoms with Crippen LogP contribution in [0.25, 0.3) is 16.9 Å². The van der Waals surface area contributed by atoms with Crippen molar-refractivity contribution >= 4 is 27.3 Å². The van der Waals surface area contributed by atoms with Crippen LogP contribution in [-0.4, -0.2) is 59.5 Å². The van der Waals surface area contributed by atoms with Crippen LogP contribution in [0.1, 0.15) is 41.4 Å². The van der Waals surface area contributed by atoms with Gasteiger partial charge in [0.1, 0.15) is 5.56 Å². The van der Waals surface area contributed by atoms with Gasteiger partial charge in [-0.25, -0.2) is 17.9 Å². The number of nitrogens with one attached hydrogen (secondary N) is 1. The van der Waals surface area contributed by atoms with E-state index in [0.29, 0.717) is 23.3 Å². The van der Waals surface area contributed by atoms with Gasteiger partial charge in [-0.1, -0.05) is 38.1 Å². The van der Waals surface area contributed by atoms with Gasteiger partial charge in [0, 0.05) is 24.3 Å². The third-order valence-electron chi connectivity index (χ3n) is 6.60. The smallest absolute Gasteiger partial charge is 0.379 e. The molecule has 0 atom stereocenters. The van der Waals surface area contributed by atoms with Crippen LogP contribution in [-0.2, 0) is 20.9 Å². The second-order valence-corrected chi connectivity index (χ2v) is 11.5. The van der Waals surface area contributed by atoms with Crippen molar-refractivity contribution in [3.05, 3.63) is 77.6 Å². The molecule has 0 saturated carbocycles. The zero-order chi connectivity index (χ0) is 28.7. The minimum absolute atomic E-state index is 0.0438. The first-order valence-corrected chi connectivity index (χ1v) is 13.9. The Kier molecular flexibility index (Phi) is 7.38. The Morgan fingerprint density at radius 2 is 1.68 bits per heavy atom. The first kappa shape index (κ1) is 27.7. The first-order valence-electron chi connectivity index (χ1n) is 12.5. The molecule has 13 heteroatoms. The minimum atomic E-state index is -4.75. The maximum atomic E-state index is 14.0. The summed E-state index contributed by atoms with van der Waals surface area (Å²) in [6, 6.07) is 13.5.